The van der Waals surface area contributed by atoms with Gasteiger partial charge < -0.3 is 10.2 Å². The minimum Gasteiger partial charge on any atom is -0.356 e. The molecule has 11 heteroatoms. The molecule has 1 aliphatic rings. The van der Waals surface area contributed by atoms with Gasteiger partial charge in [0, 0.05) is 49.7 Å². The Hall–Kier alpha value is -4.41. The average molecular weight is 489 g/mol. The molecule has 1 atom stereocenters. The fourth-order valence-electron chi connectivity index (χ4n) is 4.25. The Kier molecular flexibility index (Phi) is 6.78. The maximum atomic E-state index is 13.2. The molecule has 4 heterocycles. The minimum absolute atomic E-state index is 0.0659. The van der Waals surface area contributed by atoms with Crippen molar-refractivity contribution in [1.29, 1.82) is 0 Å². The van der Waals surface area contributed by atoms with Crippen molar-refractivity contribution in [3.63, 3.8) is 0 Å². The summed E-state index contributed by atoms with van der Waals surface area (Å²) >= 11 is 0. The van der Waals surface area contributed by atoms with Gasteiger partial charge in [-0.1, -0.05) is 0 Å². The molecule has 1 saturated heterocycles. The van der Waals surface area contributed by atoms with Gasteiger partial charge in [0.15, 0.2) is 5.82 Å². The summed E-state index contributed by atoms with van der Waals surface area (Å²) in [7, 11) is 0. The van der Waals surface area contributed by atoms with Gasteiger partial charge in [-0.3, -0.25) is 9.59 Å². The quantitative estimate of drug-likeness (QED) is 0.424. The van der Waals surface area contributed by atoms with E-state index in [-0.39, 0.29) is 36.3 Å². The van der Waals surface area contributed by atoms with E-state index in [4.69, 9.17) is 0 Å². The van der Waals surface area contributed by atoms with E-state index in [0.717, 1.165) is 25.2 Å². The van der Waals surface area contributed by atoms with Crippen LogP contribution in [0.4, 0.5) is 10.2 Å². The summed E-state index contributed by atoms with van der Waals surface area (Å²) in [5.41, 5.74) is 0.996. The van der Waals surface area contributed by atoms with Crippen molar-refractivity contribution in [2.75, 3.05) is 24.5 Å². The molecule has 0 bridgehead atoms. The maximum Gasteiger partial charge on any atom is 0.266 e. The van der Waals surface area contributed by atoms with Gasteiger partial charge in [-0.05, 0) is 49.2 Å². The third kappa shape index (κ3) is 5.29. The highest BCUT2D eigenvalue weighted by Gasteiger charge is 2.26. The largest absolute Gasteiger partial charge is 0.356 e. The van der Waals surface area contributed by atoms with E-state index in [0.29, 0.717) is 23.6 Å². The minimum atomic E-state index is -0.339. The summed E-state index contributed by atoms with van der Waals surface area (Å²) < 4.78 is 16.2. The third-order valence-corrected chi connectivity index (χ3v) is 6.12. The van der Waals surface area contributed by atoms with Gasteiger partial charge >= 0.3 is 0 Å². The maximum absolute atomic E-state index is 13.2. The third-order valence-electron chi connectivity index (χ3n) is 6.12. The normalized spacial score (nSPS) is 15.6. The standard InChI is InChI=1S/C25H25FN8O2/c26-20-6-4-18(5-7-20)21-8-9-24(35)34(31-21)14-11-27-25(36)19-3-1-12-32(16-19)22-15-23(29-17-28-22)33-13-2-10-30-33/h2,4-10,13,15,17,19H,1,3,11-12,14,16H2,(H,27,36)/t19-/m0/s1. The Balaban J connectivity index is 1.19. The highest BCUT2D eigenvalue weighted by Crippen LogP contribution is 2.22. The Morgan fingerprint density at radius 1 is 1.11 bits per heavy atom. The van der Waals surface area contributed by atoms with E-state index in [1.165, 1.54) is 29.2 Å². The number of hydrogen-bond acceptors (Lipinski definition) is 7. The van der Waals surface area contributed by atoms with Crippen LogP contribution in [0.15, 0.2) is 72.0 Å². The van der Waals surface area contributed by atoms with Gasteiger partial charge in [0.05, 0.1) is 18.2 Å². The lowest BCUT2D eigenvalue weighted by Gasteiger charge is -2.32. The zero-order chi connectivity index (χ0) is 24.9. The summed E-state index contributed by atoms with van der Waals surface area (Å²) in [6, 6.07) is 12.6. The number of benzene rings is 1. The lowest BCUT2D eigenvalue weighted by Crippen LogP contribution is -2.44. The van der Waals surface area contributed by atoms with E-state index in [9.17, 15) is 14.0 Å². The number of rotatable bonds is 7. The number of anilines is 1. The first-order valence-corrected chi connectivity index (χ1v) is 11.8. The van der Waals surface area contributed by atoms with Crippen molar-refractivity contribution >= 4 is 11.7 Å². The summed E-state index contributed by atoms with van der Waals surface area (Å²) in [6.45, 7) is 1.84. The van der Waals surface area contributed by atoms with Crippen molar-refractivity contribution in [3.8, 4) is 17.1 Å². The van der Waals surface area contributed by atoms with Crippen molar-refractivity contribution in [1.82, 2.24) is 34.8 Å². The number of hydrogen-bond donors (Lipinski definition) is 1. The molecule has 10 nitrogen and oxygen atoms in total. The van der Waals surface area contributed by atoms with E-state index in [1.807, 2.05) is 18.3 Å². The Bertz CT molecular complexity index is 1390. The van der Waals surface area contributed by atoms with Crippen LogP contribution >= 0.6 is 0 Å². The number of nitrogens with zero attached hydrogens (tertiary/aromatic N) is 7. The molecule has 184 valence electrons. The molecule has 1 amide bonds. The van der Waals surface area contributed by atoms with Crippen molar-refractivity contribution in [2.24, 2.45) is 5.92 Å². The fraction of sp³-hybridized carbons (Fsp3) is 0.280. The molecule has 1 fully saturated rings. The second kappa shape index (κ2) is 10.5. The molecule has 1 aliphatic heterocycles. The second-order valence-electron chi connectivity index (χ2n) is 8.55. The summed E-state index contributed by atoms with van der Waals surface area (Å²) in [5, 5.41) is 11.5. The number of aromatic nitrogens is 6. The van der Waals surface area contributed by atoms with Gasteiger partial charge in [0.25, 0.3) is 5.56 Å². The van der Waals surface area contributed by atoms with Crippen LogP contribution in [0.25, 0.3) is 17.1 Å². The molecule has 36 heavy (non-hydrogen) atoms. The van der Waals surface area contributed by atoms with Crippen molar-refractivity contribution < 1.29 is 9.18 Å². The van der Waals surface area contributed by atoms with E-state index in [2.05, 4.69) is 30.4 Å². The Morgan fingerprint density at radius 3 is 2.75 bits per heavy atom. The zero-order valence-corrected chi connectivity index (χ0v) is 19.5. The van der Waals surface area contributed by atoms with Crippen LogP contribution in [0.5, 0.6) is 0 Å². The molecule has 4 aromatic rings. The molecular weight excluding hydrogens is 463 g/mol. The highest BCUT2D eigenvalue weighted by molar-refractivity contribution is 5.79. The summed E-state index contributed by atoms with van der Waals surface area (Å²) in [5.74, 6) is 0.814. The van der Waals surface area contributed by atoms with Crippen LogP contribution in [-0.4, -0.2) is 55.1 Å². The lowest BCUT2D eigenvalue weighted by atomic mass is 9.97. The van der Waals surface area contributed by atoms with Crippen molar-refractivity contribution in [3.05, 3.63) is 83.4 Å². The highest BCUT2D eigenvalue weighted by atomic mass is 19.1. The van der Waals surface area contributed by atoms with Crippen LogP contribution in [0, 0.1) is 11.7 Å². The SMILES string of the molecule is O=C(NCCn1nc(-c2ccc(F)cc2)ccc1=O)[C@H]1CCCN(c2cc(-n3cccn3)ncn2)C1. The van der Waals surface area contributed by atoms with E-state index >= 15 is 0 Å². The van der Waals surface area contributed by atoms with Gasteiger partial charge in [0.2, 0.25) is 5.91 Å². The monoisotopic (exact) mass is 488 g/mol. The first-order valence-electron chi connectivity index (χ1n) is 11.8. The Morgan fingerprint density at radius 2 is 1.94 bits per heavy atom. The summed E-state index contributed by atoms with van der Waals surface area (Å²) in [6.07, 6.45) is 6.64. The molecule has 1 aromatic carbocycles. The number of halogens is 1. The van der Waals surface area contributed by atoms with Crippen LogP contribution in [0.1, 0.15) is 12.8 Å². The predicted octanol–water partition coefficient (Wildman–Crippen LogP) is 2.06. The zero-order valence-electron chi connectivity index (χ0n) is 19.5. The van der Waals surface area contributed by atoms with Crippen LogP contribution in [0.2, 0.25) is 0 Å². The molecule has 0 spiro atoms. The molecule has 0 aliphatic carbocycles. The molecule has 5 rings (SSSR count). The van der Waals surface area contributed by atoms with E-state index in [1.54, 1.807) is 29.1 Å². The molecule has 0 radical (unpaired) electrons. The van der Waals surface area contributed by atoms with Gasteiger partial charge in [-0.2, -0.15) is 10.2 Å². The van der Waals surface area contributed by atoms with E-state index < -0.39 is 0 Å². The number of nitrogens with one attached hydrogen (secondary N) is 1. The molecule has 0 saturated carbocycles. The topological polar surface area (TPSA) is 111 Å². The molecule has 0 unspecified atom stereocenters. The fourth-order valence-corrected chi connectivity index (χ4v) is 4.25. The average Bonchev–Trinajstić information content (AvgIpc) is 3.46. The number of carbonyl (C=O) groups is 1. The van der Waals surface area contributed by atoms with Crippen LogP contribution in [0.3, 0.4) is 0 Å². The Labute approximate surface area is 206 Å². The second-order valence-corrected chi connectivity index (χ2v) is 8.55. The van der Waals surface area contributed by atoms with Gasteiger partial charge in [-0.25, -0.2) is 23.7 Å². The number of amides is 1. The summed E-state index contributed by atoms with van der Waals surface area (Å²) in [4.78, 5) is 35.9. The van der Waals surface area contributed by atoms with Crippen molar-refractivity contribution in [2.45, 2.75) is 19.4 Å². The number of carbonyl (C=O) groups excluding carboxylic acids is 1. The predicted molar refractivity (Wildman–Crippen MR) is 131 cm³/mol. The first kappa shape index (κ1) is 23.3. The molecule has 1 N–H and O–H groups in total. The van der Waals surface area contributed by atoms with Crippen LogP contribution in [-0.2, 0) is 11.3 Å². The first-order chi connectivity index (χ1) is 17.6. The number of piperidine rings is 1. The lowest BCUT2D eigenvalue weighted by molar-refractivity contribution is -0.125. The van der Waals surface area contributed by atoms with Crippen LogP contribution < -0.4 is 15.8 Å². The van der Waals surface area contributed by atoms with Gasteiger partial charge in [0.1, 0.15) is 18.0 Å². The van der Waals surface area contributed by atoms with Gasteiger partial charge in [-0.15, -0.1) is 0 Å². The molecule has 3 aromatic heterocycles. The molecular formula is C25H25FN8O2. The smallest absolute Gasteiger partial charge is 0.266 e.